The van der Waals surface area contributed by atoms with Crippen LogP contribution in [0.5, 0.6) is 0 Å². The van der Waals surface area contributed by atoms with Crippen LogP contribution in [-0.2, 0) is 17.9 Å². The van der Waals surface area contributed by atoms with Crippen LogP contribution >= 0.6 is 0 Å². The first-order valence-electron chi connectivity index (χ1n) is 12.4. The second kappa shape index (κ2) is 9.91. The number of halogens is 1. The predicted octanol–water partition coefficient (Wildman–Crippen LogP) is 1.91. The molecule has 9 heteroatoms. The highest BCUT2D eigenvalue weighted by Gasteiger charge is 2.39. The molecule has 186 valence electrons. The van der Waals surface area contributed by atoms with Crippen molar-refractivity contribution in [3.05, 3.63) is 64.8 Å². The van der Waals surface area contributed by atoms with Crippen molar-refractivity contribution < 1.29 is 14.3 Å². The Hall–Kier alpha value is -3.04. The first-order valence-corrected chi connectivity index (χ1v) is 12.4. The van der Waals surface area contributed by atoms with Crippen LogP contribution in [-0.4, -0.2) is 68.5 Å². The lowest BCUT2D eigenvalue weighted by Gasteiger charge is -2.41. The molecule has 0 radical (unpaired) electrons. The topological polar surface area (TPSA) is 92.4 Å². The minimum atomic E-state index is -1.09. The molecule has 2 atom stereocenters. The van der Waals surface area contributed by atoms with Crippen LogP contribution in [0.25, 0.3) is 11.0 Å². The van der Waals surface area contributed by atoms with Crippen molar-refractivity contribution in [3.8, 4) is 0 Å². The van der Waals surface area contributed by atoms with Crippen LogP contribution in [0.1, 0.15) is 30.7 Å². The van der Waals surface area contributed by atoms with Gasteiger partial charge in [0, 0.05) is 37.7 Å². The van der Waals surface area contributed by atoms with Gasteiger partial charge in [-0.25, -0.2) is 9.37 Å². The number of aryl methyl sites for hydroxylation is 1. The lowest BCUT2D eigenvalue weighted by Crippen LogP contribution is -2.52. The monoisotopic (exact) mass is 481 g/mol. The average molecular weight is 482 g/mol. The standard InChI is InChI=1S/C26H32FN5O3/c27-10-15-30-12-7-21-23(30)29-18-32(25(21)34)17-26(35)8-13-31(14-9-26)24(33)20-6-11-28-16-22(20)19-4-2-1-3-5-19/h1-5,7,12,18,20,22,28,35H,6,8-11,13-17H2/t20-,22+/m1/s1. The first kappa shape index (κ1) is 23.7. The molecule has 35 heavy (non-hydrogen) atoms. The number of alkyl halides is 1. The maximum atomic E-state index is 13.5. The maximum absolute atomic E-state index is 13.5. The normalized spacial score (nSPS) is 22.4. The SMILES string of the molecule is O=C([C@@H]1CCNC[C@H]1c1ccccc1)N1CCC(O)(Cn2cnc3c(ccn3CCF)c2=O)CC1. The fraction of sp³-hybridized carbons (Fsp3) is 0.500. The summed E-state index contributed by atoms with van der Waals surface area (Å²) in [7, 11) is 0. The van der Waals surface area contributed by atoms with E-state index in [0.717, 1.165) is 19.5 Å². The van der Waals surface area contributed by atoms with Crippen LogP contribution in [0.2, 0.25) is 0 Å². The van der Waals surface area contributed by atoms with E-state index in [2.05, 4.69) is 22.4 Å². The minimum absolute atomic E-state index is 0.0765. The number of rotatable bonds is 6. The second-order valence-electron chi connectivity index (χ2n) is 9.78. The number of piperidine rings is 2. The van der Waals surface area contributed by atoms with E-state index in [9.17, 15) is 19.1 Å². The fourth-order valence-electron chi connectivity index (χ4n) is 5.55. The number of fused-ring (bicyclic) bond motifs is 1. The van der Waals surface area contributed by atoms with E-state index >= 15 is 0 Å². The molecule has 0 unspecified atom stereocenters. The van der Waals surface area contributed by atoms with Crippen LogP contribution in [0.4, 0.5) is 4.39 Å². The third-order valence-corrected chi connectivity index (χ3v) is 7.57. The van der Waals surface area contributed by atoms with E-state index in [0.29, 0.717) is 37.0 Å². The molecular weight excluding hydrogens is 449 g/mol. The van der Waals surface area contributed by atoms with Crippen LogP contribution in [0.15, 0.2) is 53.7 Å². The predicted molar refractivity (Wildman–Crippen MR) is 131 cm³/mol. The van der Waals surface area contributed by atoms with E-state index < -0.39 is 12.3 Å². The molecule has 0 spiro atoms. The van der Waals surface area contributed by atoms with Gasteiger partial charge in [0.1, 0.15) is 18.6 Å². The van der Waals surface area contributed by atoms with Crippen molar-refractivity contribution in [3.63, 3.8) is 0 Å². The summed E-state index contributed by atoms with van der Waals surface area (Å²) < 4.78 is 15.8. The summed E-state index contributed by atoms with van der Waals surface area (Å²) in [6, 6.07) is 11.8. The van der Waals surface area contributed by atoms with Crippen LogP contribution in [0.3, 0.4) is 0 Å². The molecule has 1 amide bonds. The summed E-state index contributed by atoms with van der Waals surface area (Å²) in [6.45, 7) is 2.25. The van der Waals surface area contributed by atoms with Crippen molar-refractivity contribution in [2.75, 3.05) is 32.9 Å². The molecule has 3 aromatic rings. The molecule has 2 N–H and O–H groups in total. The van der Waals surface area contributed by atoms with Crippen molar-refractivity contribution in [1.82, 2.24) is 24.3 Å². The lowest BCUT2D eigenvalue weighted by atomic mass is 9.80. The molecule has 2 aliphatic rings. The lowest BCUT2D eigenvalue weighted by molar-refractivity contribution is -0.141. The number of hydrogen-bond donors (Lipinski definition) is 2. The highest BCUT2D eigenvalue weighted by molar-refractivity contribution is 5.80. The Labute approximate surface area is 203 Å². The number of likely N-dealkylation sites (tertiary alicyclic amines) is 1. The molecule has 1 aromatic carbocycles. The molecule has 0 aliphatic carbocycles. The van der Waals surface area contributed by atoms with Crippen molar-refractivity contribution in [1.29, 1.82) is 0 Å². The van der Waals surface area contributed by atoms with Crippen molar-refractivity contribution in [2.45, 2.75) is 43.9 Å². The zero-order chi connectivity index (χ0) is 24.4. The van der Waals surface area contributed by atoms with Crippen LogP contribution in [0, 0.1) is 5.92 Å². The average Bonchev–Trinajstić information content (AvgIpc) is 3.30. The van der Waals surface area contributed by atoms with Gasteiger partial charge in [0.2, 0.25) is 5.91 Å². The number of hydrogen-bond acceptors (Lipinski definition) is 5. The summed E-state index contributed by atoms with van der Waals surface area (Å²) in [4.78, 5) is 32.6. The number of nitrogens with zero attached hydrogens (tertiary/aromatic N) is 4. The summed E-state index contributed by atoms with van der Waals surface area (Å²) in [5.74, 6) is 0.212. The highest BCUT2D eigenvalue weighted by atomic mass is 19.1. The number of amides is 1. The molecule has 2 fully saturated rings. The molecule has 2 saturated heterocycles. The molecule has 8 nitrogen and oxygen atoms in total. The van der Waals surface area contributed by atoms with E-state index in [1.807, 2.05) is 23.1 Å². The van der Waals surface area contributed by atoms with Gasteiger partial charge in [0.05, 0.1) is 24.1 Å². The van der Waals surface area contributed by atoms with Crippen molar-refractivity contribution in [2.24, 2.45) is 5.92 Å². The maximum Gasteiger partial charge on any atom is 0.262 e. The van der Waals surface area contributed by atoms with Gasteiger partial charge in [-0.2, -0.15) is 0 Å². The Morgan fingerprint density at radius 3 is 2.69 bits per heavy atom. The van der Waals surface area contributed by atoms with Crippen molar-refractivity contribution >= 4 is 16.9 Å². The third kappa shape index (κ3) is 4.75. The summed E-state index contributed by atoms with van der Waals surface area (Å²) in [6.07, 6.45) is 4.67. The molecule has 0 saturated carbocycles. The Morgan fingerprint density at radius 2 is 1.94 bits per heavy atom. The van der Waals surface area contributed by atoms with Crippen LogP contribution < -0.4 is 10.9 Å². The highest BCUT2D eigenvalue weighted by Crippen LogP contribution is 2.33. The Bertz CT molecular complexity index is 1230. The number of benzene rings is 1. The number of aliphatic hydroxyl groups is 1. The van der Waals surface area contributed by atoms with Gasteiger partial charge in [-0.15, -0.1) is 0 Å². The largest absolute Gasteiger partial charge is 0.388 e. The minimum Gasteiger partial charge on any atom is -0.388 e. The van der Waals surface area contributed by atoms with Gasteiger partial charge < -0.3 is 19.9 Å². The van der Waals surface area contributed by atoms with E-state index in [-0.39, 0.29) is 36.4 Å². The molecule has 0 bridgehead atoms. The number of nitrogens with one attached hydrogen (secondary N) is 1. The second-order valence-corrected chi connectivity index (χ2v) is 9.78. The first-order chi connectivity index (χ1) is 17.0. The Balaban J connectivity index is 1.26. The summed E-state index contributed by atoms with van der Waals surface area (Å²) in [5, 5.41) is 15.1. The molecular formula is C26H32FN5O3. The van der Waals surface area contributed by atoms with Gasteiger partial charge >= 0.3 is 0 Å². The smallest absolute Gasteiger partial charge is 0.262 e. The number of carbonyl (C=O) groups excluding carboxylic acids is 1. The number of carbonyl (C=O) groups is 1. The van der Waals surface area contributed by atoms with E-state index in [1.165, 1.54) is 16.5 Å². The Morgan fingerprint density at radius 1 is 1.17 bits per heavy atom. The summed E-state index contributed by atoms with van der Waals surface area (Å²) >= 11 is 0. The summed E-state index contributed by atoms with van der Waals surface area (Å²) in [5.41, 5.74) is 0.283. The van der Waals surface area contributed by atoms with Gasteiger partial charge in [-0.1, -0.05) is 30.3 Å². The molecule has 2 aliphatic heterocycles. The zero-order valence-corrected chi connectivity index (χ0v) is 19.8. The Kier molecular flexibility index (Phi) is 6.71. The number of aromatic nitrogens is 3. The molecule has 4 heterocycles. The zero-order valence-electron chi connectivity index (χ0n) is 19.8. The van der Waals surface area contributed by atoms with Gasteiger partial charge in [-0.3, -0.25) is 14.2 Å². The molecule has 5 rings (SSSR count). The molecule has 2 aromatic heterocycles. The third-order valence-electron chi connectivity index (χ3n) is 7.57. The fourth-order valence-corrected chi connectivity index (χ4v) is 5.55. The van der Waals surface area contributed by atoms with E-state index in [4.69, 9.17) is 0 Å². The van der Waals surface area contributed by atoms with Gasteiger partial charge in [0.25, 0.3) is 5.56 Å². The quantitative estimate of drug-likeness (QED) is 0.561. The van der Waals surface area contributed by atoms with Gasteiger partial charge in [-0.05, 0) is 37.4 Å². The van der Waals surface area contributed by atoms with E-state index in [1.54, 1.807) is 16.8 Å². The van der Waals surface area contributed by atoms with Gasteiger partial charge in [0.15, 0.2) is 0 Å².